The van der Waals surface area contributed by atoms with Gasteiger partial charge >= 0.3 is 0 Å². The molecule has 3 heterocycles. The fraction of sp³-hybridized carbons (Fsp3) is 0.207. The summed E-state index contributed by atoms with van der Waals surface area (Å²) in [6, 6.07) is 28.5. The largest absolute Gasteiger partial charge is 0.318 e. The average Bonchev–Trinajstić information content (AvgIpc) is 2.82. The molecule has 4 heteroatoms. The molecule has 1 aromatic heterocycles. The molecule has 0 N–H and O–H groups in total. The van der Waals surface area contributed by atoms with Gasteiger partial charge in [0.1, 0.15) is 7.14 Å². The Kier molecular flexibility index (Phi) is 5.00. The molecule has 0 spiro atoms. The first kappa shape index (κ1) is 22.5. The zero-order valence-corrected chi connectivity index (χ0v) is 22.4. The van der Waals surface area contributed by atoms with Gasteiger partial charge < -0.3 is 9.55 Å². The van der Waals surface area contributed by atoms with E-state index in [2.05, 4.69) is 81.2 Å². The molecular formula is C29H25IrNOP-. The zero-order valence-electron chi connectivity index (χ0n) is 19.1. The van der Waals surface area contributed by atoms with E-state index in [-0.39, 0.29) is 30.9 Å². The predicted molar refractivity (Wildman–Crippen MR) is 132 cm³/mol. The van der Waals surface area contributed by atoms with Crippen molar-refractivity contribution < 1.29 is 24.7 Å². The van der Waals surface area contributed by atoms with E-state index in [0.717, 1.165) is 49.4 Å². The van der Waals surface area contributed by atoms with Gasteiger partial charge in [-0.05, 0) is 33.7 Å². The third kappa shape index (κ3) is 2.83. The van der Waals surface area contributed by atoms with E-state index in [1.807, 2.05) is 36.5 Å². The number of aromatic nitrogens is 1. The predicted octanol–water partition coefficient (Wildman–Crippen LogP) is 5.46. The van der Waals surface area contributed by atoms with Gasteiger partial charge in [0.2, 0.25) is 0 Å². The van der Waals surface area contributed by atoms with Crippen molar-refractivity contribution in [1.82, 2.24) is 4.98 Å². The Balaban J connectivity index is 0.00000228. The molecule has 0 fully saturated rings. The first-order valence-electron chi connectivity index (χ1n) is 11.1. The van der Waals surface area contributed by atoms with Crippen LogP contribution in [0.1, 0.15) is 49.9 Å². The number of rotatable bonds is 1. The summed E-state index contributed by atoms with van der Waals surface area (Å²) < 4.78 is 15.3. The van der Waals surface area contributed by atoms with Crippen LogP contribution in [-0.4, -0.2) is 4.98 Å². The maximum Gasteiger partial charge on any atom is 0.135 e. The zero-order chi connectivity index (χ0) is 22.3. The van der Waals surface area contributed by atoms with E-state index < -0.39 is 7.14 Å². The van der Waals surface area contributed by atoms with Crippen LogP contribution in [0.2, 0.25) is 0 Å². The topological polar surface area (TPSA) is 30.0 Å². The van der Waals surface area contributed by atoms with Crippen molar-refractivity contribution >= 4 is 23.1 Å². The van der Waals surface area contributed by atoms with Crippen molar-refractivity contribution in [2.24, 2.45) is 0 Å². The monoisotopic (exact) mass is 627 g/mol. The van der Waals surface area contributed by atoms with Gasteiger partial charge in [-0.15, -0.1) is 28.8 Å². The summed E-state index contributed by atoms with van der Waals surface area (Å²) >= 11 is 0. The van der Waals surface area contributed by atoms with Crippen LogP contribution >= 0.6 is 7.14 Å². The molecule has 0 saturated carbocycles. The molecule has 167 valence electrons. The van der Waals surface area contributed by atoms with Crippen LogP contribution in [0.3, 0.4) is 0 Å². The van der Waals surface area contributed by atoms with Crippen molar-refractivity contribution in [2.45, 2.75) is 38.5 Å². The molecular weight excluding hydrogens is 602 g/mol. The molecule has 2 aliphatic rings. The van der Waals surface area contributed by atoms with E-state index in [1.54, 1.807) is 0 Å². The second-order valence-corrected chi connectivity index (χ2v) is 12.6. The van der Waals surface area contributed by atoms with Crippen molar-refractivity contribution in [2.75, 3.05) is 0 Å². The van der Waals surface area contributed by atoms with Gasteiger partial charge in [0.05, 0.1) is 0 Å². The molecule has 0 amide bonds. The van der Waals surface area contributed by atoms with Crippen LogP contribution in [0.5, 0.6) is 0 Å². The molecule has 2 aliphatic heterocycles. The first-order valence-corrected chi connectivity index (χ1v) is 12.8. The van der Waals surface area contributed by atoms with Crippen molar-refractivity contribution in [3.05, 3.63) is 107 Å². The minimum Gasteiger partial charge on any atom is -0.318 e. The molecule has 1 atom stereocenters. The Morgan fingerprint density at radius 2 is 1.33 bits per heavy atom. The maximum absolute atomic E-state index is 15.3. The summed E-state index contributed by atoms with van der Waals surface area (Å²) in [6.07, 6.45) is 1.82. The van der Waals surface area contributed by atoms with Crippen LogP contribution < -0.4 is 15.9 Å². The molecule has 1 unspecified atom stereocenters. The van der Waals surface area contributed by atoms with E-state index >= 15 is 4.57 Å². The quantitative estimate of drug-likeness (QED) is 0.208. The number of pyridine rings is 1. The Morgan fingerprint density at radius 1 is 0.758 bits per heavy atom. The summed E-state index contributed by atoms with van der Waals surface area (Å²) in [7, 11) is -3.04. The van der Waals surface area contributed by atoms with Crippen LogP contribution in [0.4, 0.5) is 0 Å². The number of hydrogen-bond donors (Lipinski definition) is 0. The molecule has 0 bridgehead atoms. The Hall–Kier alpha value is -2.31. The van der Waals surface area contributed by atoms with Crippen LogP contribution in [-0.2, 0) is 35.5 Å². The summed E-state index contributed by atoms with van der Waals surface area (Å²) in [4.78, 5) is 4.61. The standard InChI is InChI=1S/C29H25NOP.Ir/c1-28(2)20-11-5-7-14-25(20)32(31)26-15-8-6-12-21(26)29(3,4)23-18-19(17-22(28)27(23)32)24-13-9-10-16-30-24;/h5-17H,1-4H3;/q-1;. The number of benzene rings is 3. The van der Waals surface area contributed by atoms with E-state index in [4.69, 9.17) is 0 Å². The van der Waals surface area contributed by atoms with E-state index in [1.165, 1.54) is 0 Å². The van der Waals surface area contributed by atoms with E-state index in [9.17, 15) is 0 Å². The molecule has 6 rings (SSSR count). The van der Waals surface area contributed by atoms with Crippen LogP contribution in [0.15, 0.2) is 79.0 Å². The first-order chi connectivity index (χ1) is 15.3. The summed E-state index contributed by atoms with van der Waals surface area (Å²) in [6.45, 7) is 8.97. The third-order valence-electron chi connectivity index (χ3n) is 7.43. The summed E-state index contributed by atoms with van der Waals surface area (Å²) in [5.74, 6) is 0. The smallest absolute Gasteiger partial charge is 0.135 e. The fourth-order valence-electron chi connectivity index (χ4n) is 5.70. The second kappa shape index (κ2) is 7.34. The van der Waals surface area contributed by atoms with Crippen LogP contribution in [0.25, 0.3) is 11.3 Å². The number of nitrogens with zero attached hydrogens (tertiary/aromatic N) is 1. The second-order valence-electron chi connectivity index (χ2n) is 9.93. The minimum atomic E-state index is -3.04. The van der Waals surface area contributed by atoms with Gasteiger partial charge in [0.25, 0.3) is 0 Å². The van der Waals surface area contributed by atoms with Crippen LogP contribution in [0, 0.1) is 6.07 Å². The van der Waals surface area contributed by atoms with Crippen molar-refractivity contribution in [3.8, 4) is 11.3 Å². The number of hydrogen-bond acceptors (Lipinski definition) is 2. The third-order valence-corrected chi connectivity index (χ3v) is 10.7. The van der Waals surface area contributed by atoms with Gasteiger partial charge in [-0.25, -0.2) is 0 Å². The molecule has 4 aromatic rings. The normalized spacial score (nSPS) is 20.6. The van der Waals surface area contributed by atoms with E-state index in [0.29, 0.717) is 0 Å². The average molecular weight is 627 g/mol. The number of fused-ring (bicyclic) bond motifs is 4. The minimum absolute atomic E-state index is 0. The molecule has 3 aromatic carbocycles. The molecule has 0 saturated heterocycles. The Morgan fingerprint density at radius 3 is 1.94 bits per heavy atom. The molecule has 33 heavy (non-hydrogen) atoms. The van der Waals surface area contributed by atoms with Gasteiger partial charge in [0, 0.05) is 36.9 Å². The van der Waals surface area contributed by atoms with Gasteiger partial charge in [-0.3, -0.25) is 0 Å². The fourth-order valence-corrected chi connectivity index (χ4v) is 9.75. The van der Waals surface area contributed by atoms with Gasteiger partial charge in [0.15, 0.2) is 0 Å². The molecule has 0 aliphatic carbocycles. The van der Waals surface area contributed by atoms with Gasteiger partial charge in [-0.2, -0.15) is 0 Å². The maximum atomic E-state index is 15.3. The van der Waals surface area contributed by atoms with Crippen molar-refractivity contribution in [1.29, 1.82) is 0 Å². The molecule has 1 radical (unpaired) electrons. The Bertz CT molecular complexity index is 1370. The van der Waals surface area contributed by atoms with Crippen molar-refractivity contribution in [3.63, 3.8) is 0 Å². The Labute approximate surface area is 209 Å². The molecule has 2 nitrogen and oxygen atoms in total. The van der Waals surface area contributed by atoms with Gasteiger partial charge in [-0.1, -0.05) is 93.7 Å². The summed E-state index contributed by atoms with van der Waals surface area (Å²) in [5, 5.41) is 2.94. The SMILES string of the molecule is CC1(C)c2[c-]c(-c3ccccn3)cc3c2P(=O)(c2ccccc21)c1ccccc1C3(C)C.[Ir]. The summed E-state index contributed by atoms with van der Waals surface area (Å²) in [5.41, 5.74) is 5.71.